The van der Waals surface area contributed by atoms with Crippen molar-refractivity contribution in [1.29, 1.82) is 0 Å². The Kier molecular flexibility index (Phi) is 4.57. The monoisotopic (exact) mass is 345 g/mol. The van der Waals surface area contributed by atoms with E-state index in [-0.39, 0.29) is 12.5 Å². The second-order valence-corrected chi connectivity index (χ2v) is 5.75. The third-order valence-corrected chi connectivity index (χ3v) is 3.87. The fourth-order valence-corrected chi connectivity index (χ4v) is 2.62. The number of amides is 3. The summed E-state index contributed by atoms with van der Waals surface area (Å²) in [5.41, 5.74) is 1.28. The molecule has 1 heterocycles. The maximum Gasteiger partial charge on any atom is 0.319 e. The van der Waals surface area contributed by atoms with Gasteiger partial charge in [-0.2, -0.15) is 0 Å². The number of hydrogen-bond acceptors (Lipinski definition) is 3. The molecule has 1 aliphatic rings. The van der Waals surface area contributed by atoms with Gasteiger partial charge in [0.25, 0.3) is 5.91 Å². The topological polar surface area (TPSA) is 70.7 Å². The van der Waals surface area contributed by atoms with Crippen molar-refractivity contribution in [2.45, 2.75) is 6.10 Å². The van der Waals surface area contributed by atoms with Gasteiger partial charge in [-0.05, 0) is 30.3 Å². The van der Waals surface area contributed by atoms with Crippen LogP contribution >= 0.6 is 11.6 Å². The van der Waals surface area contributed by atoms with Crippen molar-refractivity contribution >= 4 is 34.9 Å². The van der Waals surface area contributed by atoms with Gasteiger partial charge in [0, 0.05) is 17.8 Å². The Morgan fingerprint density at radius 2 is 2.04 bits per heavy atom. The minimum atomic E-state index is -0.769. The molecule has 3 rings (SSSR count). The molecule has 124 valence electrons. The van der Waals surface area contributed by atoms with Gasteiger partial charge in [-0.25, -0.2) is 4.79 Å². The summed E-state index contributed by atoms with van der Waals surface area (Å²) in [6, 6.07) is 13.6. The van der Waals surface area contributed by atoms with Gasteiger partial charge in [-0.3, -0.25) is 4.79 Å². The van der Waals surface area contributed by atoms with Crippen molar-refractivity contribution in [2.75, 3.05) is 23.8 Å². The summed E-state index contributed by atoms with van der Waals surface area (Å²) in [4.78, 5) is 25.8. The Balaban J connectivity index is 1.60. The number of ether oxygens (including phenoxy) is 1. The van der Waals surface area contributed by atoms with Crippen LogP contribution in [0.15, 0.2) is 48.5 Å². The van der Waals surface area contributed by atoms with Crippen molar-refractivity contribution in [3.8, 4) is 5.75 Å². The number of urea groups is 1. The lowest BCUT2D eigenvalue weighted by molar-refractivity contribution is -0.125. The summed E-state index contributed by atoms with van der Waals surface area (Å²) in [6.07, 6.45) is -0.769. The van der Waals surface area contributed by atoms with Crippen molar-refractivity contribution in [3.05, 3.63) is 53.6 Å². The fraction of sp³-hybridized carbons (Fsp3) is 0.176. The number of benzene rings is 2. The first-order chi connectivity index (χ1) is 11.5. The summed E-state index contributed by atoms with van der Waals surface area (Å²) >= 11 is 5.87. The predicted molar refractivity (Wildman–Crippen MR) is 92.7 cm³/mol. The molecule has 1 unspecified atom stereocenters. The van der Waals surface area contributed by atoms with Gasteiger partial charge in [-0.15, -0.1) is 0 Å². The van der Waals surface area contributed by atoms with Crippen molar-refractivity contribution in [1.82, 2.24) is 5.32 Å². The number of halogens is 1. The van der Waals surface area contributed by atoms with E-state index in [1.807, 2.05) is 18.2 Å². The average Bonchev–Trinajstić information content (AvgIpc) is 2.57. The number of rotatable bonds is 3. The van der Waals surface area contributed by atoms with Crippen LogP contribution in [-0.4, -0.2) is 31.6 Å². The highest BCUT2D eigenvalue weighted by molar-refractivity contribution is 6.30. The zero-order valence-corrected chi connectivity index (χ0v) is 13.7. The molecule has 0 fully saturated rings. The molecule has 1 aliphatic heterocycles. The molecule has 0 radical (unpaired) electrons. The molecule has 6 nitrogen and oxygen atoms in total. The number of para-hydroxylation sites is 2. The number of hydrogen-bond donors (Lipinski definition) is 2. The quantitative estimate of drug-likeness (QED) is 0.898. The molecule has 0 spiro atoms. The molecule has 0 saturated heterocycles. The van der Waals surface area contributed by atoms with Crippen LogP contribution in [0.25, 0.3) is 0 Å². The van der Waals surface area contributed by atoms with Gasteiger partial charge < -0.3 is 20.3 Å². The number of nitrogens with one attached hydrogen (secondary N) is 2. The van der Waals surface area contributed by atoms with E-state index in [4.69, 9.17) is 16.3 Å². The largest absolute Gasteiger partial charge is 0.477 e. The minimum absolute atomic E-state index is 0.0594. The number of anilines is 2. The molecule has 0 aromatic heterocycles. The molecular formula is C17H16ClN3O3. The summed E-state index contributed by atoms with van der Waals surface area (Å²) < 4.78 is 5.68. The molecule has 2 aromatic carbocycles. The van der Waals surface area contributed by atoms with Crippen LogP contribution in [0, 0.1) is 0 Å². The summed E-state index contributed by atoms with van der Waals surface area (Å²) in [6.45, 7) is 0.0594. The Morgan fingerprint density at radius 3 is 2.83 bits per heavy atom. The van der Waals surface area contributed by atoms with E-state index in [9.17, 15) is 9.59 Å². The zero-order valence-electron chi connectivity index (χ0n) is 13.0. The first-order valence-corrected chi connectivity index (χ1v) is 7.76. The lowest BCUT2D eigenvalue weighted by Gasteiger charge is -2.31. The van der Waals surface area contributed by atoms with Gasteiger partial charge in [0.1, 0.15) is 5.75 Å². The van der Waals surface area contributed by atoms with Gasteiger partial charge in [0.05, 0.1) is 12.2 Å². The first kappa shape index (κ1) is 16.1. The maximum atomic E-state index is 12.3. The van der Waals surface area contributed by atoms with Crippen molar-refractivity contribution in [2.24, 2.45) is 0 Å². The van der Waals surface area contributed by atoms with Crippen LogP contribution in [0.3, 0.4) is 0 Å². The summed E-state index contributed by atoms with van der Waals surface area (Å²) in [5, 5.41) is 5.81. The van der Waals surface area contributed by atoms with E-state index in [0.29, 0.717) is 22.1 Å². The molecule has 2 N–H and O–H groups in total. The molecular weight excluding hydrogens is 330 g/mol. The third kappa shape index (κ3) is 3.44. The van der Waals surface area contributed by atoms with Crippen LogP contribution < -0.4 is 20.3 Å². The highest BCUT2D eigenvalue weighted by Crippen LogP contribution is 2.32. The van der Waals surface area contributed by atoms with E-state index in [1.54, 1.807) is 37.4 Å². The van der Waals surface area contributed by atoms with E-state index < -0.39 is 12.1 Å². The van der Waals surface area contributed by atoms with E-state index in [0.717, 1.165) is 0 Å². The van der Waals surface area contributed by atoms with Gasteiger partial charge in [0.2, 0.25) is 0 Å². The van der Waals surface area contributed by atoms with Crippen LogP contribution in [0.5, 0.6) is 5.75 Å². The van der Waals surface area contributed by atoms with Crippen LogP contribution in [-0.2, 0) is 4.79 Å². The Labute approximate surface area is 144 Å². The fourth-order valence-electron chi connectivity index (χ4n) is 2.43. The number of carbonyl (C=O) groups is 2. The standard InChI is InChI=1S/C17H16ClN3O3/c1-21-13-7-2-3-8-14(13)24-15(16(21)22)10-19-17(23)20-12-6-4-5-11(18)9-12/h2-9,15H,10H2,1H3,(H2,19,20,23). The highest BCUT2D eigenvalue weighted by Gasteiger charge is 2.32. The highest BCUT2D eigenvalue weighted by atomic mass is 35.5. The van der Waals surface area contributed by atoms with Crippen molar-refractivity contribution in [3.63, 3.8) is 0 Å². The Morgan fingerprint density at radius 1 is 1.25 bits per heavy atom. The lowest BCUT2D eigenvalue weighted by atomic mass is 10.2. The van der Waals surface area contributed by atoms with E-state index in [1.165, 1.54) is 4.90 Å². The SMILES string of the molecule is CN1C(=O)C(CNC(=O)Nc2cccc(Cl)c2)Oc2ccccc21. The van der Waals surface area contributed by atoms with Gasteiger partial charge in [0.15, 0.2) is 6.10 Å². The van der Waals surface area contributed by atoms with Gasteiger partial charge in [-0.1, -0.05) is 29.8 Å². The summed E-state index contributed by atoms with van der Waals surface area (Å²) in [7, 11) is 1.68. The smallest absolute Gasteiger partial charge is 0.319 e. The van der Waals surface area contributed by atoms with E-state index in [2.05, 4.69) is 10.6 Å². The van der Waals surface area contributed by atoms with Gasteiger partial charge >= 0.3 is 6.03 Å². The number of nitrogens with zero attached hydrogens (tertiary/aromatic N) is 1. The molecule has 7 heteroatoms. The second-order valence-electron chi connectivity index (χ2n) is 5.32. The molecule has 3 amide bonds. The molecule has 0 bridgehead atoms. The van der Waals surface area contributed by atoms with Crippen molar-refractivity contribution < 1.29 is 14.3 Å². The zero-order chi connectivity index (χ0) is 17.1. The third-order valence-electron chi connectivity index (χ3n) is 3.63. The Hall–Kier alpha value is -2.73. The van der Waals surface area contributed by atoms with Crippen LogP contribution in [0.2, 0.25) is 5.02 Å². The Bertz CT molecular complexity index is 781. The molecule has 2 aromatic rings. The molecule has 0 aliphatic carbocycles. The molecule has 1 atom stereocenters. The summed E-state index contributed by atoms with van der Waals surface area (Å²) in [5.74, 6) is 0.401. The first-order valence-electron chi connectivity index (χ1n) is 7.38. The normalized spacial score (nSPS) is 16.2. The second kappa shape index (κ2) is 6.80. The lowest BCUT2D eigenvalue weighted by Crippen LogP contribution is -2.50. The number of fused-ring (bicyclic) bond motifs is 1. The predicted octanol–water partition coefficient (Wildman–Crippen LogP) is 2.89. The average molecular weight is 346 g/mol. The minimum Gasteiger partial charge on any atom is -0.477 e. The molecule has 24 heavy (non-hydrogen) atoms. The number of carbonyl (C=O) groups excluding carboxylic acids is 2. The maximum absolute atomic E-state index is 12.3. The van der Waals surface area contributed by atoms with E-state index >= 15 is 0 Å². The van der Waals surface area contributed by atoms with Crippen LogP contribution in [0.4, 0.5) is 16.2 Å². The van der Waals surface area contributed by atoms with Crippen LogP contribution in [0.1, 0.15) is 0 Å². The number of likely N-dealkylation sites (N-methyl/N-ethyl adjacent to an activating group) is 1. The molecule has 0 saturated carbocycles.